The Kier molecular flexibility index (Phi) is 4.08. The molecular weight excluding hydrogens is 322 g/mol. The fourth-order valence-electron chi connectivity index (χ4n) is 3.08. The first-order chi connectivity index (χ1) is 11.9. The van der Waals surface area contributed by atoms with E-state index in [4.69, 9.17) is 4.74 Å². The zero-order chi connectivity index (χ0) is 18.2. The van der Waals surface area contributed by atoms with Crippen molar-refractivity contribution in [2.24, 2.45) is 0 Å². The number of imide groups is 1. The molecule has 1 aliphatic heterocycles. The summed E-state index contributed by atoms with van der Waals surface area (Å²) in [5.74, 6) is -0.274. The first-order valence-corrected chi connectivity index (χ1v) is 7.81. The molecule has 1 fully saturated rings. The molecule has 2 aromatic rings. The van der Waals surface area contributed by atoms with Gasteiger partial charge < -0.3 is 14.6 Å². The molecule has 1 aromatic heterocycles. The van der Waals surface area contributed by atoms with Gasteiger partial charge in [0.05, 0.1) is 19.3 Å². The van der Waals surface area contributed by atoms with Gasteiger partial charge in [-0.05, 0) is 25.1 Å². The van der Waals surface area contributed by atoms with Gasteiger partial charge in [-0.2, -0.15) is 0 Å². The summed E-state index contributed by atoms with van der Waals surface area (Å²) in [5, 5.41) is 0. The van der Waals surface area contributed by atoms with E-state index in [-0.39, 0.29) is 12.3 Å². The van der Waals surface area contributed by atoms with Crippen LogP contribution < -0.4 is 4.74 Å². The van der Waals surface area contributed by atoms with Crippen LogP contribution in [0.4, 0.5) is 4.79 Å². The second-order valence-electron chi connectivity index (χ2n) is 6.01. The lowest BCUT2D eigenvalue weighted by Gasteiger charge is -2.30. The highest BCUT2D eigenvalue weighted by molar-refractivity contribution is 6.11. The Balaban J connectivity index is 1.96. The maximum absolute atomic E-state index is 13.1. The molecular formula is C18H19N3O4. The van der Waals surface area contributed by atoms with Gasteiger partial charge in [0, 0.05) is 18.8 Å². The number of nitrogens with zero attached hydrogens (tertiary/aromatic N) is 2. The number of nitrogens with one attached hydrogen (secondary N) is 1. The highest BCUT2D eigenvalue weighted by Crippen LogP contribution is 2.40. The van der Waals surface area contributed by atoms with Crippen LogP contribution in [-0.4, -0.2) is 53.2 Å². The minimum absolute atomic E-state index is 0.312. The summed E-state index contributed by atoms with van der Waals surface area (Å²) in [6, 6.07) is 9.83. The van der Waals surface area contributed by atoms with Crippen molar-refractivity contribution >= 4 is 17.7 Å². The lowest BCUT2D eigenvalue weighted by molar-refractivity contribution is -0.132. The van der Waals surface area contributed by atoms with E-state index in [9.17, 15) is 14.4 Å². The predicted octanol–water partition coefficient (Wildman–Crippen LogP) is 2.02. The molecule has 0 radical (unpaired) electrons. The van der Waals surface area contributed by atoms with E-state index >= 15 is 0 Å². The van der Waals surface area contributed by atoms with Crippen molar-refractivity contribution in [2.75, 3.05) is 20.7 Å². The number of methoxy groups -OCH3 is 1. The number of aromatic amines is 1. The largest absolute Gasteiger partial charge is 0.496 e. The number of hydrogen-bond donors (Lipinski definition) is 1. The number of H-pyrrole nitrogens is 1. The number of benzene rings is 1. The predicted molar refractivity (Wildman–Crippen MR) is 90.3 cm³/mol. The summed E-state index contributed by atoms with van der Waals surface area (Å²) in [4.78, 5) is 43.1. The van der Waals surface area contributed by atoms with Crippen LogP contribution in [0.2, 0.25) is 0 Å². The highest BCUT2D eigenvalue weighted by atomic mass is 16.5. The van der Waals surface area contributed by atoms with Crippen LogP contribution in [0.1, 0.15) is 23.0 Å². The average molecular weight is 341 g/mol. The maximum atomic E-state index is 13.1. The van der Waals surface area contributed by atoms with Crippen molar-refractivity contribution in [3.05, 3.63) is 53.9 Å². The van der Waals surface area contributed by atoms with Crippen LogP contribution in [0.15, 0.2) is 42.6 Å². The van der Waals surface area contributed by atoms with Gasteiger partial charge in [-0.25, -0.2) is 4.79 Å². The Morgan fingerprint density at radius 1 is 1.20 bits per heavy atom. The van der Waals surface area contributed by atoms with Gasteiger partial charge in [-0.3, -0.25) is 14.5 Å². The van der Waals surface area contributed by atoms with E-state index < -0.39 is 17.5 Å². The molecule has 0 saturated carbocycles. The molecule has 1 N–H and O–H groups in total. The van der Waals surface area contributed by atoms with Crippen LogP contribution >= 0.6 is 0 Å². The maximum Gasteiger partial charge on any atom is 0.328 e. The normalized spacial score (nSPS) is 20.3. The van der Waals surface area contributed by atoms with E-state index in [2.05, 4.69) is 4.98 Å². The Hall–Kier alpha value is -3.09. The summed E-state index contributed by atoms with van der Waals surface area (Å²) in [7, 11) is 3.06. The molecule has 1 aliphatic rings. The van der Waals surface area contributed by atoms with E-state index in [0.29, 0.717) is 17.0 Å². The smallest absolute Gasteiger partial charge is 0.328 e. The van der Waals surface area contributed by atoms with Crippen LogP contribution in [0.25, 0.3) is 0 Å². The average Bonchev–Trinajstić information content (AvgIpc) is 3.22. The van der Waals surface area contributed by atoms with Crippen LogP contribution in [-0.2, 0) is 10.3 Å². The molecule has 1 unspecified atom stereocenters. The van der Waals surface area contributed by atoms with Crippen LogP contribution in [0.3, 0.4) is 0 Å². The quantitative estimate of drug-likeness (QED) is 0.666. The number of para-hydroxylation sites is 1. The zero-order valence-electron chi connectivity index (χ0n) is 14.3. The number of rotatable bonds is 5. The molecule has 2 heterocycles. The minimum atomic E-state index is -1.24. The van der Waals surface area contributed by atoms with E-state index in [1.54, 1.807) is 56.6 Å². The molecule has 0 aliphatic carbocycles. The summed E-state index contributed by atoms with van der Waals surface area (Å²) in [6.45, 7) is 1.34. The third kappa shape index (κ3) is 2.48. The lowest BCUT2D eigenvalue weighted by atomic mass is 9.90. The Morgan fingerprint density at radius 3 is 2.56 bits per heavy atom. The van der Waals surface area contributed by atoms with Crippen molar-refractivity contribution in [1.29, 1.82) is 0 Å². The Bertz CT molecular complexity index is 831. The fraction of sp³-hybridized carbons (Fsp3) is 0.278. The summed E-state index contributed by atoms with van der Waals surface area (Å²) in [6.07, 6.45) is 1.62. The molecule has 0 spiro atoms. The summed E-state index contributed by atoms with van der Waals surface area (Å²) < 4.78 is 5.35. The van der Waals surface area contributed by atoms with Crippen LogP contribution in [0.5, 0.6) is 5.75 Å². The number of urea groups is 1. The second-order valence-corrected chi connectivity index (χ2v) is 6.01. The van der Waals surface area contributed by atoms with Crippen molar-refractivity contribution < 1.29 is 19.1 Å². The fourth-order valence-corrected chi connectivity index (χ4v) is 3.08. The van der Waals surface area contributed by atoms with Crippen molar-refractivity contribution in [3.8, 4) is 5.75 Å². The SMILES string of the molecule is COc1ccccc1C1(C)C(=O)N(CC(=O)c2ccc[nH]2)C(=O)N1C. The Labute approximate surface area is 145 Å². The lowest BCUT2D eigenvalue weighted by Crippen LogP contribution is -2.42. The molecule has 1 aromatic carbocycles. The number of ether oxygens (including phenoxy) is 1. The van der Waals surface area contributed by atoms with Gasteiger partial charge in [-0.1, -0.05) is 18.2 Å². The molecule has 130 valence electrons. The van der Waals surface area contributed by atoms with E-state index in [1.165, 1.54) is 12.0 Å². The molecule has 3 amide bonds. The van der Waals surface area contributed by atoms with E-state index in [0.717, 1.165) is 4.90 Å². The van der Waals surface area contributed by atoms with Crippen molar-refractivity contribution in [3.63, 3.8) is 0 Å². The number of Topliss-reactive ketones (excluding diaryl/α,β-unsaturated/α-hetero) is 1. The molecule has 1 saturated heterocycles. The van der Waals surface area contributed by atoms with Crippen molar-refractivity contribution in [2.45, 2.75) is 12.5 Å². The number of amides is 3. The first-order valence-electron chi connectivity index (χ1n) is 7.81. The van der Waals surface area contributed by atoms with Crippen molar-refractivity contribution in [1.82, 2.24) is 14.8 Å². The minimum Gasteiger partial charge on any atom is -0.496 e. The molecule has 7 nitrogen and oxygen atoms in total. The molecule has 1 atom stereocenters. The summed E-state index contributed by atoms with van der Waals surface area (Å²) >= 11 is 0. The number of likely N-dealkylation sites (N-methyl/N-ethyl adjacent to an activating group) is 1. The number of carbonyl (C=O) groups excluding carboxylic acids is 3. The van der Waals surface area contributed by atoms with E-state index in [1.807, 2.05) is 0 Å². The summed E-state index contributed by atoms with van der Waals surface area (Å²) in [5.41, 5.74) is -0.304. The van der Waals surface area contributed by atoms with Gasteiger partial charge >= 0.3 is 6.03 Å². The monoisotopic (exact) mass is 341 g/mol. The van der Waals surface area contributed by atoms with Gasteiger partial charge in [0.25, 0.3) is 5.91 Å². The number of hydrogen-bond acceptors (Lipinski definition) is 4. The van der Waals surface area contributed by atoms with Gasteiger partial charge in [0.1, 0.15) is 11.3 Å². The number of aromatic nitrogens is 1. The van der Waals surface area contributed by atoms with Gasteiger partial charge in [0.2, 0.25) is 0 Å². The number of carbonyl (C=O) groups is 3. The Morgan fingerprint density at radius 2 is 1.92 bits per heavy atom. The van der Waals surface area contributed by atoms with Gasteiger partial charge in [0.15, 0.2) is 5.78 Å². The zero-order valence-corrected chi connectivity index (χ0v) is 14.3. The van der Waals surface area contributed by atoms with Gasteiger partial charge in [-0.15, -0.1) is 0 Å². The first kappa shape index (κ1) is 16.8. The topological polar surface area (TPSA) is 82.7 Å². The molecule has 25 heavy (non-hydrogen) atoms. The second kappa shape index (κ2) is 6.08. The third-order valence-electron chi connectivity index (χ3n) is 4.68. The molecule has 0 bridgehead atoms. The molecule has 3 rings (SSSR count). The highest BCUT2D eigenvalue weighted by Gasteiger charge is 2.55. The van der Waals surface area contributed by atoms with Crippen LogP contribution in [0, 0.1) is 0 Å². The standard InChI is InChI=1S/C18H19N3O4/c1-18(12-7-4-5-9-15(12)25-3)16(23)21(17(24)20(18)2)11-14(22)13-8-6-10-19-13/h4-10,19H,11H2,1-3H3. The number of ketones is 1. The molecule has 7 heteroatoms. The third-order valence-corrected chi connectivity index (χ3v) is 4.68.